The van der Waals surface area contributed by atoms with E-state index >= 15 is 0 Å². The quantitative estimate of drug-likeness (QED) is 0.630. The van der Waals surface area contributed by atoms with Crippen LogP contribution in [-0.4, -0.2) is 40.3 Å². The van der Waals surface area contributed by atoms with Gasteiger partial charge in [-0.25, -0.2) is 0 Å². The van der Waals surface area contributed by atoms with E-state index in [2.05, 4.69) is 20.4 Å². The second-order valence-electron chi connectivity index (χ2n) is 5.73. The zero-order valence-electron chi connectivity index (χ0n) is 13.4. The van der Waals surface area contributed by atoms with E-state index in [0.717, 1.165) is 47.4 Å². The Morgan fingerprint density at radius 1 is 1.46 bits per heavy atom. The number of halogens is 1. The molecule has 1 N–H and O–H groups in total. The Kier molecular flexibility index (Phi) is 6.10. The molecule has 1 atom stereocenters. The van der Waals surface area contributed by atoms with E-state index in [0.29, 0.717) is 5.13 Å². The maximum Gasteiger partial charge on any atom is 0.230 e. The first kappa shape index (κ1) is 17.7. The van der Waals surface area contributed by atoms with Crippen molar-refractivity contribution in [2.75, 3.05) is 24.7 Å². The fourth-order valence-corrected chi connectivity index (χ4v) is 4.20. The van der Waals surface area contributed by atoms with Gasteiger partial charge >= 0.3 is 0 Å². The number of hydrogen-bond donors (Lipinski definition) is 1. The van der Waals surface area contributed by atoms with Gasteiger partial charge in [0.1, 0.15) is 0 Å². The van der Waals surface area contributed by atoms with Gasteiger partial charge in [0, 0.05) is 18.1 Å². The fourth-order valence-electron chi connectivity index (χ4n) is 2.83. The molecule has 128 valence electrons. The van der Waals surface area contributed by atoms with Gasteiger partial charge in [-0.15, -0.1) is 10.2 Å². The molecule has 0 saturated carbocycles. The molecule has 0 unspecified atom stereocenters. The molecule has 1 fully saturated rings. The molecule has 2 heterocycles. The van der Waals surface area contributed by atoms with Gasteiger partial charge in [0.05, 0.1) is 5.92 Å². The predicted octanol–water partition coefficient (Wildman–Crippen LogP) is 3.76. The van der Waals surface area contributed by atoms with E-state index in [1.807, 2.05) is 30.5 Å². The van der Waals surface area contributed by atoms with Crippen molar-refractivity contribution in [3.8, 4) is 0 Å². The predicted molar refractivity (Wildman–Crippen MR) is 99.8 cm³/mol. The van der Waals surface area contributed by atoms with E-state index in [4.69, 9.17) is 11.6 Å². The summed E-state index contributed by atoms with van der Waals surface area (Å²) in [5.74, 6) is 0.00512. The lowest BCUT2D eigenvalue weighted by atomic mass is 9.97. The minimum atomic E-state index is -0.0251. The van der Waals surface area contributed by atoms with Crippen molar-refractivity contribution in [2.24, 2.45) is 5.92 Å². The number of thioether (sulfide) groups is 1. The van der Waals surface area contributed by atoms with Crippen LogP contribution in [0.5, 0.6) is 0 Å². The first-order chi connectivity index (χ1) is 11.7. The molecule has 1 aromatic carbocycles. The van der Waals surface area contributed by atoms with Crippen molar-refractivity contribution in [1.29, 1.82) is 0 Å². The van der Waals surface area contributed by atoms with Gasteiger partial charge in [-0.1, -0.05) is 52.9 Å². The van der Waals surface area contributed by atoms with Gasteiger partial charge in [-0.3, -0.25) is 9.69 Å². The van der Waals surface area contributed by atoms with Crippen LogP contribution >= 0.6 is 34.7 Å². The molecule has 0 aliphatic carbocycles. The number of likely N-dealkylation sites (tertiary alicyclic amines) is 1. The van der Waals surface area contributed by atoms with Crippen molar-refractivity contribution in [1.82, 2.24) is 15.1 Å². The third kappa shape index (κ3) is 4.47. The minimum Gasteiger partial charge on any atom is -0.300 e. The van der Waals surface area contributed by atoms with Crippen LogP contribution in [0.2, 0.25) is 5.02 Å². The van der Waals surface area contributed by atoms with Crippen LogP contribution in [0.4, 0.5) is 5.13 Å². The van der Waals surface area contributed by atoms with Gasteiger partial charge in [0.15, 0.2) is 4.34 Å². The van der Waals surface area contributed by atoms with E-state index in [9.17, 15) is 4.79 Å². The van der Waals surface area contributed by atoms with E-state index in [1.54, 1.807) is 0 Å². The number of aromatic nitrogens is 2. The van der Waals surface area contributed by atoms with Crippen molar-refractivity contribution < 1.29 is 4.79 Å². The summed E-state index contributed by atoms with van der Waals surface area (Å²) in [4.78, 5) is 14.8. The number of rotatable bonds is 5. The number of amides is 1. The number of nitrogens with zero attached hydrogens (tertiary/aromatic N) is 3. The Bertz CT molecular complexity index is 709. The van der Waals surface area contributed by atoms with Gasteiger partial charge in [0.25, 0.3) is 0 Å². The molecule has 2 aromatic rings. The van der Waals surface area contributed by atoms with Crippen molar-refractivity contribution in [3.63, 3.8) is 0 Å². The SMILES string of the molecule is CSc1nnc(NC(=O)[C@@H]2CCCN(Cc3ccccc3Cl)C2)s1. The van der Waals surface area contributed by atoms with E-state index in [-0.39, 0.29) is 11.8 Å². The van der Waals surface area contributed by atoms with Crippen LogP contribution in [0.25, 0.3) is 0 Å². The van der Waals surface area contributed by atoms with E-state index < -0.39 is 0 Å². The molecule has 1 aromatic heterocycles. The van der Waals surface area contributed by atoms with Crippen LogP contribution in [0.15, 0.2) is 28.6 Å². The summed E-state index contributed by atoms with van der Waals surface area (Å²) in [5.41, 5.74) is 1.11. The topological polar surface area (TPSA) is 58.1 Å². The summed E-state index contributed by atoms with van der Waals surface area (Å²) < 4.78 is 0.856. The number of nitrogens with one attached hydrogen (secondary N) is 1. The number of hydrogen-bond acceptors (Lipinski definition) is 6. The van der Waals surface area contributed by atoms with Crippen molar-refractivity contribution in [2.45, 2.75) is 23.7 Å². The Labute approximate surface area is 154 Å². The first-order valence-electron chi connectivity index (χ1n) is 7.80. The summed E-state index contributed by atoms with van der Waals surface area (Å²) in [5, 5.41) is 12.3. The molecule has 0 radical (unpaired) electrons. The highest BCUT2D eigenvalue weighted by Crippen LogP contribution is 2.26. The third-order valence-corrected chi connectivity index (χ3v) is 6.22. The van der Waals surface area contributed by atoms with Crippen molar-refractivity contribution >= 4 is 45.7 Å². The normalized spacial score (nSPS) is 18.5. The summed E-state index contributed by atoms with van der Waals surface area (Å²) in [6.07, 6.45) is 3.85. The Hall–Kier alpha value is -1.15. The summed E-state index contributed by atoms with van der Waals surface area (Å²) in [6, 6.07) is 7.87. The molecule has 1 aliphatic rings. The first-order valence-corrected chi connectivity index (χ1v) is 10.2. The van der Waals surface area contributed by atoms with E-state index in [1.165, 1.54) is 23.1 Å². The molecular weight excluding hydrogens is 364 g/mol. The number of piperidine rings is 1. The summed E-state index contributed by atoms with van der Waals surface area (Å²) in [7, 11) is 0. The third-order valence-electron chi connectivity index (χ3n) is 4.04. The molecule has 1 amide bonds. The molecule has 0 spiro atoms. The monoisotopic (exact) mass is 382 g/mol. The minimum absolute atomic E-state index is 0.0251. The van der Waals surface area contributed by atoms with Gasteiger partial charge < -0.3 is 5.32 Å². The average Bonchev–Trinajstić information content (AvgIpc) is 3.05. The van der Waals surface area contributed by atoms with Crippen LogP contribution in [0.1, 0.15) is 18.4 Å². The van der Waals surface area contributed by atoms with Crippen LogP contribution in [0, 0.1) is 5.92 Å². The largest absolute Gasteiger partial charge is 0.300 e. The standard InChI is InChI=1S/C16H19ClN4OS2/c1-23-16-20-19-15(24-16)18-14(22)12-6-4-8-21(10-12)9-11-5-2-3-7-13(11)17/h2-3,5,7,12H,4,6,8-10H2,1H3,(H,18,19,22)/t12-/m1/s1. The fraction of sp³-hybridized carbons (Fsp3) is 0.438. The van der Waals surface area contributed by atoms with Crippen LogP contribution in [0.3, 0.4) is 0 Å². The van der Waals surface area contributed by atoms with Crippen LogP contribution in [-0.2, 0) is 11.3 Å². The number of carbonyl (C=O) groups excluding carboxylic acids is 1. The number of benzene rings is 1. The molecule has 8 heteroatoms. The summed E-state index contributed by atoms with van der Waals surface area (Å²) >= 11 is 9.18. The molecule has 24 heavy (non-hydrogen) atoms. The highest BCUT2D eigenvalue weighted by atomic mass is 35.5. The van der Waals surface area contributed by atoms with Crippen molar-refractivity contribution in [3.05, 3.63) is 34.9 Å². The van der Waals surface area contributed by atoms with Crippen LogP contribution < -0.4 is 5.32 Å². The smallest absolute Gasteiger partial charge is 0.230 e. The maximum absolute atomic E-state index is 12.5. The Morgan fingerprint density at radius 3 is 3.04 bits per heavy atom. The second kappa shape index (κ2) is 8.29. The summed E-state index contributed by atoms with van der Waals surface area (Å²) in [6.45, 7) is 2.51. The zero-order chi connectivity index (χ0) is 16.9. The lowest BCUT2D eigenvalue weighted by molar-refractivity contribution is -0.121. The number of anilines is 1. The van der Waals surface area contributed by atoms with Gasteiger partial charge in [-0.2, -0.15) is 0 Å². The highest BCUT2D eigenvalue weighted by molar-refractivity contribution is 8.00. The molecule has 1 saturated heterocycles. The molecular formula is C16H19ClN4OS2. The van der Waals surface area contributed by atoms with Gasteiger partial charge in [0.2, 0.25) is 11.0 Å². The molecule has 1 aliphatic heterocycles. The lowest BCUT2D eigenvalue weighted by Gasteiger charge is -2.32. The molecule has 5 nitrogen and oxygen atoms in total. The Morgan fingerprint density at radius 2 is 2.29 bits per heavy atom. The number of carbonyl (C=O) groups is 1. The highest BCUT2D eigenvalue weighted by Gasteiger charge is 2.26. The molecule has 3 rings (SSSR count). The zero-order valence-corrected chi connectivity index (χ0v) is 15.8. The second-order valence-corrected chi connectivity index (χ2v) is 8.17. The molecule has 0 bridgehead atoms. The lowest BCUT2D eigenvalue weighted by Crippen LogP contribution is -2.40. The maximum atomic E-state index is 12.5. The Balaban J connectivity index is 1.58. The average molecular weight is 383 g/mol. The van der Waals surface area contributed by atoms with Gasteiger partial charge in [-0.05, 0) is 37.3 Å².